The number of ether oxygens (including phenoxy) is 2. The van der Waals surface area contributed by atoms with Crippen LogP contribution in [0.25, 0.3) is 11.2 Å². The first kappa shape index (κ1) is 22.4. The number of nitrogen functional groups attached to an aromatic ring is 1. The zero-order valence-electron chi connectivity index (χ0n) is 18.1. The van der Waals surface area contributed by atoms with Crippen LogP contribution in [0.3, 0.4) is 0 Å². The van der Waals surface area contributed by atoms with E-state index >= 15 is 0 Å². The molecule has 4 aromatic rings. The first-order chi connectivity index (χ1) is 16.5. The number of hydrogen-bond acceptors (Lipinski definition) is 8. The highest BCUT2D eigenvalue weighted by Gasteiger charge is 2.44. The van der Waals surface area contributed by atoms with Crippen LogP contribution < -0.4 is 5.73 Å². The predicted octanol–water partition coefficient (Wildman–Crippen LogP) is 2.02. The van der Waals surface area contributed by atoms with Crippen molar-refractivity contribution in [3.05, 3.63) is 84.2 Å². The molecule has 1 aliphatic heterocycles. The first-order valence-corrected chi connectivity index (χ1v) is 10.9. The molecule has 1 fully saturated rings. The van der Waals surface area contributed by atoms with E-state index in [0.717, 1.165) is 11.1 Å². The summed E-state index contributed by atoms with van der Waals surface area (Å²) in [5.41, 5.74) is 8.54. The molecule has 2 aromatic carbocycles. The average Bonchev–Trinajstić information content (AvgIpc) is 3.40. The summed E-state index contributed by atoms with van der Waals surface area (Å²) in [5, 5.41) is 21.2. The van der Waals surface area contributed by atoms with Crippen LogP contribution in [0.4, 0.5) is 10.2 Å². The van der Waals surface area contributed by atoms with E-state index < -0.39 is 24.5 Å². The third-order valence-corrected chi connectivity index (χ3v) is 6.04. The lowest BCUT2D eigenvalue weighted by atomic mass is 9.92. The van der Waals surface area contributed by atoms with E-state index in [9.17, 15) is 14.6 Å². The molecule has 0 aliphatic carbocycles. The van der Waals surface area contributed by atoms with Crippen molar-refractivity contribution in [3.8, 4) is 0 Å². The second kappa shape index (κ2) is 9.43. The van der Waals surface area contributed by atoms with Crippen molar-refractivity contribution in [1.29, 1.82) is 0 Å². The Morgan fingerprint density at radius 3 is 2.50 bits per heavy atom. The molecule has 10 heteroatoms. The molecule has 1 saturated heterocycles. The number of fused-ring (bicyclic) bond motifs is 1. The second-order valence-corrected chi connectivity index (χ2v) is 8.18. The Balaban J connectivity index is 1.29. The largest absolute Gasteiger partial charge is 0.387 e. The van der Waals surface area contributed by atoms with E-state index in [2.05, 4.69) is 15.0 Å². The smallest absolute Gasteiger partial charge is 0.167 e. The number of aliphatic hydroxyl groups is 2. The third-order valence-electron chi connectivity index (χ3n) is 6.04. The van der Waals surface area contributed by atoms with Crippen molar-refractivity contribution in [2.75, 3.05) is 18.9 Å². The lowest BCUT2D eigenvalue weighted by Gasteiger charge is -2.21. The van der Waals surface area contributed by atoms with Crippen LogP contribution in [0.2, 0.25) is 0 Å². The maximum absolute atomic E-state index is 13.4. The Hall–Kier alpha value is -3.44. The van der Waals surface area contributed by atoms with Gasteiger partial charge in [-0.2, -0.15) is 0 Å². The fourth-order valence-corrected chi connectivity index (χ4v) is 4.22. The Morgan fingerprint density at radius 1 is 1.00 bits per heavy atom. The predicted molar refractivity (Wildman–Crippen MR) is 121 cm³/mol. The summed E-state index contributed by atoms with van der Waals surface area (Å²) in [6.07, 6.45) is -1.34. The lowest BCUT2D eigenvalue weighted by molar-refractivity contribution is -0.0661. The molecule has 3 heterocycles. The monoisotopic (exact) mass is 465 g/mol. The molecular weight excluding hydrogens is 441 g/mol. The van der Waals surface area contributed by atoms with Crippen LogP contribution in [-0.4, -0.2) is 61.3 Å². The number of rotatable bonds is 7. The van der Waals surface area contributed by atoms with Gasteiger partial charge >= 0.3 is 0 Å². The fourth-order valence-electron chi connectivity index (χ4n) is 4.22. The van der Waals surface area contributed by atoms with E-state index in [4.69, 9.17) is 15.2 Å². The molecule has 0 saturated carbocycles. The molecule has 0 bridgehead atoms. The highest BCUT2D eigenvalue weighted by molar-refractivity contribution is 5.81. The number of aliphatic hydroxyl groups excluding tert-OH is 2. The van der Waals surface area contributed by atoms with Gasteiger partial charge in [0.15, 0.2) is 17.7 Å². The molecule has 176 valence electrons. The van der Waals surface area contributed by atoms with Crippen molar-refractivity contribution in [2.24, 2.45) is 0 Å². The average molecular weight is 465 g/mol. The normalized spacial score (nSPS) is 23.4. The van der Waals surface area contributed by atoms with Gasteiger partial charge < -0.3 is 25.4 Å². The zero-order valence-corrected chi connectivity index (χ0v) is 18.1. The number of benzene rings is 2. The number of imidazole rings is 1. The minimum Gasteiger partial charge on any atom is -0.387 e. The summed E-state index contributed by atoms with van der Waals surface area (Å²) in [5.74, 6) is -0.235. The molecule has 5 atom stereocenters. The Morgan fingerprint density at radius 2 is 1.74 bits per heavy atom. The van der Waals surface area contributed by atoms with E-state index in [1.807, 2.05) is 30.3 Å². The van der Waals surface area contributed by atoms with Gasteiger partial charge in [0.25, 0.3) is 0 Å². The number of halogens is 1. The SMILES string of the molecule is Nc1ncnc2c1ncn2[C@@H]1O[C@H](COCC(c2ccccc2)c2ccc(F)cc2)[C@@H](O)[C@H]1O. The van der Waals surface area contributed by atoms with Gasteiger partial charge in [-0.3, -0.25) is 4.57 Å². The van der Waals surface area contributed by atoms with Crippen molar-refractivity contribution in [3.63, 3.8) is 0 Å². The summed E-state index contributed by atoms with van der Waals surface area (Å²) in [7, 11) is 0. The first-order valence-electron chi connectivity index (χ1n) is 10.9. The molecule has 9 nitrogen and oxygen atoms in total. The molecule has 0 radical (unpaired) electrons. The number of hydrogen-bond donors (Lipinski definition) is 3. The van der Waals surface area contributed by atoms with Gasteiger partial charge in [0.2, 0.25) is 0 Å². The molecule has 4 N–H and O–H groups in total. The highest BCUT2D eigenvalue weighted by atomic mass is 19.1. The third kappa shape index (κ3) is 4.24. The molecule has 1 unspecified atom stereocenters. The van der Waals surface area contributed by atoms with Crippen LogP contribution in [0, 0.1) is 5.82 Å². The molecule has 34 heavy (non-hydrogen) atoms. The van der Waals surface area contributed by atoms with Crippen molar-refractivity contribution in [2.45, 2.75) is 30.5 Å². The Labute approximate surface area is 194 Å². The minimum absolute atomic E-state index is 0.0447. The van der Waals surface area contributed by atoms with E-state index in [0.29, 0.717) is 11.2 Å². The lowest BCUT2D eigenvalue weighted by Crippen LogP contribution is -2.34. The summed E-state index contributed by atoms with van der Waals surface area (Å²) >= 11 is 0. The maximum atomic E-state index is 13.4. The summed E-state index contributed by atoms with van der Waals surface area (Å²) < 4.78 is 26.8. The summed E-state index contributed by atoms with van der Waals surface area (Å²) in [6.45, 7) is 0.323. The van der Waals surface area contributed by atoms with Crippen LogP contribution >= 0.6 is 0 Å². The van der Waals surface area contributed by atoms with E-state index in [1.165, 1.54) is 29.4 Å². The van der Waals surface area contributed by atoms with Gasteiger partial charge in [0.05, 0.1) is 19.5 Å². The number of anilines is 1. The molecule has 1 aliphatic rings. The van der Waals surface area contributed by atoms with Crippen LogP contribution in [0.15, 0.2) is 67.3 Å². The topological polar surface area (TPSA) is 129 Å². The standard InChI is InChI=1S/C24H24FN5O4/c25-16-8-6-15(7-9-16)17(14-4-2-1-3-5-14)10-33-11-18-20(31)21(32)24(34-18)30-13-29-19-22(26)27-12-28-23(19)30/h1-9,12-13,17-18,20-21,24,31-32H,10-11H2,(H2,26,27,28)/t17?,18-,20-,21-,24-/m1/s1. The number of aromatic nitrogens is 4. The van der Waals surface area contributed by atoms with Crippen LogP contribution in [-0.2, 0) is 9.47 Å². The van der Waals surface area contributed by atoms with Gasteiger partial charge in [-0.15, -0.1) is 0 Å². The van der Waals surface area contributed by atoms with Gasteiger partial charge in [0.1, 0.15) is 36.0 Å². The second-order valence-electron chi connectivity index (χ2n) is 8.18. The van der Waals surface area contributed by atoms with Crippen LogP contribution in [0.5, 0.6) is 0 Å². The van der Waals surface area contributed by atoms with Crippen LogP contribution in [0.1, 0.15) is 23.3 Å². The molecule has 5 rings (SSSR count). The highest BCUT2D eigenvalue weighted by Crippen LogP contribution is 2.32. The van der Waals surface area contributed by atoms with Gasteiger partial charge in [-0.05, 0) is 23.3 Å². The van der Waals surface area contributed by atoms with Gasteiger partial charge in [0, 0.05) is 5.92 Å². The summed E-state index contributed by atoms with van der Waals surface area (Å²) in [4.78, 5) is 12.3. The van der Waals surface area contributed by atoms with Gasteiger partial charge in [-0.25, -0.2) is 19.3 Å². The zero-order chi connectivity index (χ0) is 23.7. The van der Waals surface area contributed by atoms with E-state index in [-0.39, 0.29) is 30.8 Å². The molecule has 0 amide bonds. The minimum atomic E-state index is -1.22. The molecular formula is C24H24FN5O4. The quantitative estimate of drug-likeness (QED) is 0.378. The van der Waals surface area contributed by atoms with Crippen molar-refractivity contribution >= 4 is 17.0 Å². The van der Waals surface area contributed by atoms with Crippen molar-refractivity contribution < 1.29 is 24.1 Å². The number of nitrogens with zero attached hydrogens (tertiary/aromatic N) is 4. The Bertz CT molecular complexity index is 1250. The number of nitrogens with two attached hydrogens (primary N) is 1. The van der Waals surface area contributed by atoms with Crippen molar-refractivity contribution in [1.82, 2.24) is 19.5 Å². The van der Waals surface area contributed by atoms with Gasteiger partial charge in [-0.1, -0.05) is 42.5 Å². The fraction of sp³-hybridized carbons (Fsp3) is 0.292. The molecule has 2 aromatic heterocycles. The Kier molecular flexibility index (Phi) is 6.20. The molecule has 0 spiro atoms. The maximum Gasteiger partial charge on any atom is 0.167 e. The van der Waals surface area contributed by atoms with E-state index in [1.54, 1.807) is 12.1 Å². The summed E-state index contributed by atoms with van der Waals surface area (Å²) in [6, 6.07) is 16.1.